The molecule has 1 unspecified atom stereocenters. The number of ether oxygens (including phenoxy) is 1. The summed E-state index contributed by atoms with van der Waals surface area (Å²) in [7, 11) is 1.71. The van der Waals surface area contributed by atoms with Crippen molar-refractivity contribution >= 4 is 21.6 Å². The Balaban J connectivity index is 2.03. The molecule has 3 rings (SSSR count). The molecular formula is C15H20N2OS. The largest absolute Gasteiger partial charge is 0.497 e. The third-order valence-corrected chi connectivity index (χ3v) is 5.46. The maximum atomic E-state index is 5.30. The zero-order chi connectivity index (χ0) is 13.3. The van der Waals surface area contributed by atoms with Gasteiger partial charge in [0.2, 0.25) is 0 Å². The van der Waals surface area contributed by atoms with E-state index in [2.05, 4.69) is 24.4 Å². The molecule has 0 aliphatic carbocycles. The molecule has 0 amide bonds. The molecule has 1 fully saturated rings. The Morgan fingerprint density at radius 2 is 2.37 bits per heavy atom. The van der Waals surface area contributed by atoms with Crippen LogP contribution in [-0.2, 0) is 5.41 Å². The number of fused-ring (bicyclic) bond motifs is 1. The summed E-state index contributed by atoms with van der Waals surface area (Å²) in [5.74, 6) is 0.912. The van der Waals surface area contributed by atoms with Crippen LogP contribution < -0.4 is 10.1 Å². The number of aromatic nitrogens is 1. The van der Waals surface area contributed by atoms with E-state index in [0.717, 1.165) is 30.8 Å². The van der Waals surface area contributed by atoms with Gasteiger partial charge in [-0.15, -0.1) is 11.3 Å². The van der Waals surface area contributed by atoms with Crippen molar-refractivity contribution in [3.8, 4) is 5.75 Å². The summed E-state index contributed by atoms with van der Waals surface area (Å²) in [5.41, 5.74) is 1.33. The molecule has 1 aromatic carbocycles. The van der Waals surface area contributed by atoms with Gasteiger partial charge in [0.05, 0.1) is 17.3 Å². The van der Waals surface area contributed by atoms with E-state index in [0.29, 0.717) is 0 Å². The average Bonchev–Trinajstić information content (AvgIpc) is 2.91. The summed E-state index contributed by atoms with van der Waals surface area (Å²) in [6.45, 7) is 4.47. The third kappa shape index (κ3) is 2.23. The second-order valence-electron chi connectivity index (χ2n) is 5.27. The van der Waals surface area contributed by atoms with Crippen LogP contribution in [0.25, 0.3) is 10.2 Å². The lowest BCUT2D eigenvalue weighted by atomic mass is 9.79. The van der Waals surface area contributed by atoms with E-state index in [-0.39, 0.29) is 5.41 Å². The molecule has 0 bridgehead atoms. The van der Waals surface area contributed by atoms with E-state index in [1.165, 1.54) is 22.5 Å². The molecule has 3 nitrogen and oxygen atoms in total. The monoisotopic (exact) mass is 276 g/mol. The number of methoxy groups -OCH3 is 1. The van der Waals surface area contributed by atoms with Crippen LogP contribution in [0.1, 0.15) is 31.2 Å². The minimum atomic E-state index is 0.231. The van der Waals surface area contributed by atoms with Gasteiger partial charge in [0.25, 0.3) is 0 Å². The van der Waals surface area contributed by atoms with Gasteiger partial charge in [-0.3, -0.25) is 0 Å². The number of hydrogen-bond donors (Lipinski definition) is 1. The van der Waals surface area contributed by atoms with Gasteiger partial charge in [-0.05, 0) is 44.0 Å². The lowest BCUT2D eigenvalue weighted by Crippen LogP contribution is -2.42. The first kappa shape index (κ1) is 12.9. The Labute approximate surface area is 118 Å². The Morgan fingerprint density at radius 1 is 1.47 bits per heavy atom. The van der Waals surface area contributed by atoms with Crippen LogP contribution >= 0.6 is 11.3 Å². The third-order valence-electron chi connectivity index (χ3n) is 4.20. The molecular weight excluding hydrogens is 256 g/mol. The fourth-order valence-corrected chi connectivity index (χ4v) is 4.14. The van der Waals surface area contributed by atoms with Gasteiger partial charge < -0.3 is 10.1 Å². The van der Waals surface area contributed by atoms with E-state index < -0.39 is 0 Å². The molecule has 1 N–H and O–H groups in total. The summed E-state index contributed by atoms with van der Waals surface area (Å²) in [6.07, 6.45) is 3.64. The lowest BCUT2D eigenvalue weighted by molar-refractivity contribution is 0.302. The van der Waals surface area contributed by atoms with Crippen LogP contribution in [-0.4, -0.2) is 25.2 Å². The molecule has 0 saturated carbocycles. The number of piperidine rings is 1. The van der Waals surface area contributed by atoms with Crippen molar-refractivity contribution in [2.24, 2.45) is 0 Å². The predicted octanol–water partition coefficient (Wildman–Crippen LogP) is 3.34. The highest BCUT2D eigenvalue weighted by Crippen LogP contribution is 2.39. The Bertz CT molecular complexity index is 573. The van der Waals surface area contributed by atoms with Crippen molar-refractivity contribution in [3.63, 3.8) is 0 Å². The van der Waals surface area contributed by atoms with Gasteiger partial charge in [0, 0.05) is 12.0 Å². The Kier molecular flexibility index (Phi) is 3.46. The van der Waals surface area contributed by atoms with Gasteiger partial charge in [-0.2, -0.15) is 0 Å². The standard InChI is InChI=1S/C15H20N2OS/c1-3-15(7-4-8-16-10-15)14-17-12-6-5-11(18-2)9-13(12)19-14/h5-6,9,16H,3-4,7-8,10H2,1-2H3. The molecule has 1 aliphatic rings. The summed E-state index contributed by atoms with van der Waals surface area (Å²) < 4.78 is 6.52. The van der Waals surface area contributed by atoms with E-state index >= 15 is 0 Å². The highest BCUT2D eigenvalue weighted by atomic mass is 32.1. The van der Waals surface area contributed by atoms with Crippen molar-refractivity contribution in [2.75, 3.05) is 20.2 Å². The van der Waals surface area contributed by atoms with Crippen molar-refractivity contribution in [3.05, 3.63) is 23.2 Å². The molecule has 1 atom stereocenters. The first-order valence-electron chi connectivity index (χ1n) is 6.93. The van der Waals surface area contributed by atoms with E-state index in [1.54, 1.807) is 7.11 Å². The van der Waals surface area contributed by atoms with Gasteiger partial charge in [-0.1, -0.05) is 6.92 Å². The molecule has 2 heterocycles. The topological polar surface area (TPSA) is 34.1 Å². The predicted molar refractivity (Wildman–Crippen MR) is 80.2 cm³/mol. The second-order valence-corrected chi connectivity index (χ2v) is 6.30. The SMILES string of the molecule is CCC1(c2nc3ccc(OC)cc3s2)CCCNC1. The van der Waals surface area contributed by atoms with E-state index in [9.17, 15) is 0 Å². The van der Waals surface area contributed by atoms with Crippen LogP contribution in [0.5, 0.6) is 5.75 Å². The minimum absolute atomic E-state index is 0.231. The van der Waals surface area contributed by atoms with Gasteiger partial charge >= 0.3 is 0 Å². The molecule has 1 aromatic heterocycles. The number of nitrogens with zero attached hydrogens (tertiary/aromatic N) is 1. The molecule has 2 aromatic rings. The summed E-state index contributed by atoms with van der Waals surface area (Å²) in [5, 5.41) is 4.82. The number of hydrogen-bond acceptors (Lipinski definition) is 4. The van der Waals surface area contributed by atoms with Crippen molar-refractivity contribution in [1.82, 2.24) is 10.3 Å². The minimum Gasteiger partial charge on any atom is -0.497 e. The highest BCUT2D eigenvalue weighted by Gasteiger charge is 2.35. The summed E-state index contributed by atoms with van der Waals surface area (Å²) in [4.78, 5) is 4.88. The summed E-state index contributed by atoms with van der Waals surface area (Å²) in [6, 6.07) is 6.15. The van der Waals surface area contributed by atoms with Crippen molar-refractivity contribution < 1.29 is 4.74 Å². The van der Waals surface area contributed by atoms with Gasteiger partial charge in [0.15, 0.2) is 0 Å². The Morgan fingerprint density at radius 3 is 3.05 bits per heavy atom. The van der Waals surface area contributed by atoms with Crippen LogP contribution in [0.3, 0.4) is 0 Å². The average molecular weight is 276 g/mol. The zero-order valence-corrected chi connectivity index (χ0v) is 12.3. The molecule has 1 saturated heterocycles. The lowest BCUT2D eigenvalue weighted by Gasteiger charge is -2.35. The molecule has 0 spiro atoms. The Hall–Kier alpha value is -1.13. The van der Waals surface area contributed by atoms with E-state index in [1.807, 2.05) is 17.4 Å². The quantitative estimate of drug-likeness (QED) is 0.933. The smallest absolute Gasteiger partial charge is 0.120 e. The first-order chi connectivity index (χ1) is 9.27. The number of benzene rings is 1. The first-order valence-corrected chi connectivity index (χ1v) is 7.75. The maximum absolute atomic E-state index is 5.30. The van der Waals surface area contributed by atoms with Gasteiger partial charge in [0.1, 0.15) is 10.8 Å². The number of rotatable bonds is 3. The second kappa shape index (κ2) is 5.10. The van der Waals surface area contributed by atoms with E-state index in [4.69, 9.17) is 9.72 Å². The zero-order valence-electron chi connectivity index (χ0n) is 11.5. The van der Waals surface area contributed by atoms with Gasteiger partial charge in [-0.25, -0.2) is 4.98 Å². The molecule has 1 aliphatic heterocycles. The van der Waals surface area contributed by atoms with Crippen LogP contribution in [0.4, 0.5) is 0 Å². The fourth-order valence-electron chi connectivity index (χ4n) is 2.86. The highest BCUT2D eigenvalue weighted by molar-refractivity contribution is 7.18. The molecule has 102 valence electrons. The van der Waals surface area contributed by atoms with Crippen LogP contribution in [0.15, 0.2) is 18.2 Å². The normalized spacial score (nSPS) is 23.7. The molecule has 19 heavy (non-hydrogen) atoms. The van der Waals surface area contributed by atoms with Crippen LogP contribution in [0, 0.1) is 0 Å². The number of thiazole rings is 1. The summed E-state index contributed by atoms with van der Waals surface area (Å²) >= 11 is 1.83. The number of nitrogens with one attached hydrogen (secondary N) is 1. The maximum Gasteiger partial charge on any atom is 0.120 e. The van der Waals surface area contributed by atoms with Crippen molar-refractivity contribution in [1.29, 1.82) is 0 Å². The van der Waals surface area contributed by atoms with Crippen LogP contribution in [0.2, 0.25) is 0 Å². The molecule has 0 radical (unpaired) electrons. The van der Waals surface area contributed by atoms with Crippen molar-refractivity contribution in [2.45, 2.75) is 31.6 Å². The fraction of sp³-hybridized carbons (Fsp3) is 0.533. The molecule has 4 heteroatoms.